The molecule has 0 N–H and O–H groups in total. The van der Waals surface area contributed by atoms with Gasteiger partial charge in [0.1, 0.15) is 11.3 Å². The predicted octanol–water partition coefficient (Wildman–Crippen LogP) is 4.07. The SMILES string of the molecule is O=C1OC2(Oc3cc(I)ccc31)C1CC3CC2CC(C(=O)OCCC(F)(F)C(F)(F)S(=O)(=O)[O-])(C3)C1. The van der Waals surface area contributed by atoms with Crippen molar-refractivity contribution in [3.05, 3.63) is 27.3 Å². The molecule has 0 radical (unpaired) electrons. The molecule has 4 aliphatic carbocycles. The van der Waals surface area contributed by atoms with Crippen LogP contribution in [0.5, 0.6) is 5.75 Å². The van der Waals surface area contributed by atoms with Crippen LogP contribution in [0.15, 0.2) is 18.2 Å². The summed E-state index contributed by atoms with van der Waals surface area (Å²) in [5.74, 6) is -8.17. The predicted molar refractivity (Wildman–Crippen MR) is 119 cm³/mol. The van der Waals surface area contributed by atoms with Gasteiger partial charge in [0.05, 0.1) is 18.4 Å². The Balaban J connectivity index is 1.32. The van der Waals surface area contributed by atoms with E-state index in [9.17, 15) is 40.1 Å². The molecular weight excluding hydrogens is 627 g/mol. The highest BCUT2D eigenvalue weighted by atomic mass is 127. The van der Waals surface area contributed by atoms with Gasteiger partial charge >= 0.3 is 23.1 Å². The van der Waals surface area contributed by atoms with Crippen LogP contribution in [0, 0.1) is 26.7 Å². The normalized spacial score (nSPS) is 33.2. The van der Waals surface area contributed by atoms with Crippen molar-refractivity contribution in [2.24, 2.45) is 23.2 Å². The lowest BCUT2D eigenvalue weighted by molar-refractivity contribution is -0.294. The first-order chi connectivity index (χ1) is 16.6. The highest BCUT2D eigenvalue weighted by Crippen LogP contribution is 2.66. The number of carbonyl (C=O) groups excluding carboxylic acids is 2. The second kappa shape index (κ2) is 8.16. The Morgan fingerprint density at radius 2 is 1.78 bits per heavy atom. The maximum atomic E-state index is 13.7. The zero-order valence-electron chi connectivity index (χ0n) is 18.5. The molecule has 8 nitrogen and oxygen atoms in total. The summed E-state index contributed by atoms with van der Waals surface area (Å²) in [6, 6.07) is 5.08. The first-order valence-corrected chi connectivity index (χ1v) is 13.7. The fraction of sp³-hybridized carbons (Fsp3) is 0.636. The van der Waals surface area contributed by atoms with Gasteiger partial charge in [-0.15, -0.1) is 0 Å². The number of rotatable bonds is 6. The number of fused-ring (bicyclic) bond motifs is 1. The lowest BCUT2D eigenvalue weighted by Gasteiger charge is -2.62. The number of alkyl halides is 4. The van der Waals surface area contributed by atoms with Crippen molar-refractivity contribution < 1.29 is 54.3 Å². The van der Waals surface area contributed by atoms with Crippen molar-refractivity contribution in [3.63, 3.8) is 0 Å². The van der Waals surface area contributed by atoms with E-state index in [1.165, 1.54) is 0 Å². The number of hydrogen-bond donors (Lipinski definition) is 0. The van der Waals surface area contributed by atoms with Crippen molar-refractivity contribution in [2.45, 2.75) is 55.5 Å². The van der Waals surface area contributed by atoms with E-state index in [-0.39, 0.29) is 30.6 Å². The van der Waals surface area contributed by atoms with Crippen LogP contribution < -0.4 is 4.74 Å². The van der Waals surface area contributed by atoms with Crippen molar-refractivity contribution >= 4 is 44.6 Å². The number of hydrogen-bond acceptors (Lipinski definition) is 8. The van der Waals surface area contributed by atoms with E-state index >= 15 is 0 Å². The highest BCUT2D eigenvalue weighted by Gasteiger charge is 2.69. The molecule has 36 heavy (non-hydrogen) atoms. The van der Waals surface area contributed by atoms with Gasteiger partial charge in [-0.2, -0.15) is 17.6 Å². The average Bonchev–Trinajstić information content (AvgIpc) is 2.75. The third kappa shape index (κ3) is 3.80. The van der Waals surface area contributed by atoms with Crippen LogP contribution in [0.4, 0.5) is 17.6 Å². The first-order valence-electron chi connectivity index (χ1n) is 11.2. The molecule has 198 valence electrons. The molecule has 1 aromatic rings. The zero-order chi connectivity index (χ0) is 26.3. The molecule has 6 rings (SSSR count). The number of benzene rings is 1. The van der Waals surface area contributed by atoms with Crippen LogP contribution in [0.25, 0.3) is 0 Å². The second-order valence-electron chi connectivity index (χ2n) is 10.0. The topological polar surface area (TPSA) is 119 Å². The molecule has 14 heteroatoms. The Hall–Kier alpha value is -1.68. The van der Waals surface area contributed by atoms with E-state index in [4.69, 9.17) is 14.2 Å². The molecule has 5 aliphatic rings. The third-order valence-electron chi connectivity index (χ3n) is 7.83. The Bertz CT molecular complexity index is 1220. The minimum atomic E-state index is -6.62. The molecule has 0 saturated heterocycles. The number of carbonyl (C=O) groups is 2. The van der Waals surface area contributed by atoms with E-state index in [0.717, 1.165) is 3.57 Å². The molecule has 1 aliphatic heterocycles. The smallest absolute Gasteiger partial charge is 0.396 e. The molecular formula is C22H20F4IO8S-. The van der Waals surface area contributed by atoms with Gasteiger partial charge in [0.2, 0.25) is 0 Å². The van der Waals surface area contributed by atoms with Crippen LogP contribution >= 0.6 is 22.6 Å². The molecule has 2 unspecified atom stereocenters. The van der Waals surface area contributed by atoms with Gasteiger partial charge in [0.15, 0.2) is 10.1 Å². The Kier molecular flexibility index (Phi) is 5.88. The second-order valence-corrected chi connectivity index (χ2v) is 12.7. The summed E-state index contributed by atoms with van der Waals surface area (Å²) in [4.78, 5) is 25.8. The molecule has 1 heterocycles. The molecule has 4 bridgehead atoms. The lowest BCUT2D eigenvalue weighted by atomic mass is 9.47. The monoisotopic (exact) mass is 647 g/mol. The fourth-order valence-electron chi connectivity index (χ4n) is 6.41. The fourth-order valence-corrected chi connectivity index (χ4v) is 7.34. The Morgan fingerprint density at radius 1 is 1.14 bits per heavy atom. The third-order valence-corrected chi connectivity index (χ3v) is 9.43. The first kappa shape index (κ1) is 25.9. The van der Waals surface area contributed by atoms with E-state index in [2.05, 4.69) is 22.6 Å². The largest absolute Gasteiger partial charge is 0.743 e. The maximum absolute atomic E-state index is 13.7. The summed E-state index contributed by atoms with van der Waals surface area (Å²) >= 11 is 2.09. The van der Waals surface area contributed by atoms with Gasteiger partial charge in [-0.25, -0.2) is 13.2 Å². The molecule has 0 aromatic heterocycles. The van der Waals surface area contributed by atoms with E-state index in [0.29, 0.717) is 30.6 Å². The van der Waals surface area contributed by atoms with Gasteiger partial charge in [0, 0.05) is 15.4 Å². The van der Waals surface area contributed by atoms with Gasteiger partial charge in [-0.05, 0) is 78.8 Å². The van der Waals surface area contributed by atoms with Gasteiger partial charge in [-0.3, -0.25) is 4.79 Å². The molecule has 1 spiro atoms. The summed E-state index contributed by atoms with van der Waals surface area (Å²) in [6.07, 6.45) is 0.172. The summed E-state index contributed by atoms with van der Waals surface area (Å²) in [7, 11) is -6.62. The minimum Gasteiger partial charge on any atom is -0.743 e. The van der Waals surface area contributed by atoms with Gasteiger partial charge < -0.3 is 18.8 Å². The van der Waals surface area contributed by atoms with Crippen LogP contribution in [-0.4, -0.2) is 48.5 Å². The number of halogens is 5. The van der Waals surface area contributed by atoms with Gasteiger partial charge in [0.25, 0.3) is 5.79 Å². The van der Waals surface area contributed by atoms with Crippen molar-refractivity contribution in [3.8, 4) is 5.75 Å². The van der Waals surface area contributed by atoms with Gasteiger partial charge in [-0.1, -0.05) is 0 Å². The molecule has 0 amide bonds. The molecule has 4 fully saturated rings. The molecule has 2 atom stereocenters. The van der Waals surface area contributed by atoms with Crippen LogP contribution in [0.2, 0.25) is 0 Å². The zero-order valence-corrected chi connectivity index (χ0v) is 21.5. The van der Waals surface area contributed by atoms with Crippen molar-refractivity contribution in [1.82, 2.24) is 0 Å². The van der Waals surface area contributed by atoms with Crippen molar-refractivity contribution in [1.29, 1.82) is 0 Å². The standard InChI is InChI=1S/C22H21F4IO8S/c23-20(24,22(25,26)36(30,31)32)3-4-33-18(29)19-8-11-5-12(9-19)21(13(6-11)10-19)34-16-7-14(27)1-2-15(16)17(28)35-21/h1-2,7,11-13H,3-6,8-10H2,(H,30,31,32)/p-1. The average molecular weight is 647 g/mol. The maximum Gasteiger partial charge on any atom is 0.396 e. The highest BCUT2D eigenvalue weighted by molar-refractivity contribution is 14.1. The van der Waals surface area contributed by atoms with E-state index < -0.39 is 57.5 Å². The summed E-state index contributed by atoms with van der Waals surface area (Å²) in [5, 5.41) is -5.84. The summed E-state index contributed by atoms with van der Waals surface area (Å²) in [6.45, 7) is -1.19. The lowest BCUT2D eigenvalue weighted by Crippen LogP contribution is -2.67. The number of ether oxygens (including phenoxy) is 3. The quantitative estimate of drug-likeness (QED) is 0.196. The molecule has 4 saturated carbocycles. The number of esters is 2. The molecule has 1 aromatic carbocycles. The van der Waals surface area contributed by atoms with Crippen LogP contribution in [0.1, 0.15) is 48.9 Å². The Morgan fingerprint density at radius 3 is 2.39 bits per heavy atom. The minimum absolute atomic E-state index is 0.0664. The van der Waals surface area contributed by atoms with Crippen LogP contribution in [-0.2, 0) is 24.4 Å². The van der Waals surface area contributed by atoms with Crippen molar-refractivity contribution in [2.75, 3.05) is 6.61 Å². The summed E-state index contributed by atoms with van der Waals surface area (Å²) in [5.41, 5.74) is -0.799. The summed E-state index contributed by atoms with van der Waals surface area (Å²) < 4.78 is 104. The van der Waals surface area contributed by atoms with Crippen LogP contribution in [0.3, 0.4) is 0 Å². The van der Waals surface area contributed by atoms with E-state index in [1.54, 1.807) is 18.2 Å². The van der Waals surface area contributed by atoms with E-state index in [1.807, 2.05) is 0 Å². The Labute approximate surface area is 216 Å².